The van der Waals surface area contributed by atoms with E-state index in [1.165, 1.54) is 71.3 Å². The van der Waals surface area contributed by atoms with E-state index in [2.05, 4.69) is 43.4 Å². The minimum Gasteiger partial charge on any atom is -0.469 e. The standard InChI is InChI=1S/C27H48B2O2/c1-6-18-16-20-21-11-10-19(8-7-9-23(30)31-5)24(21,2)13-12-22(20)25(3)14-15-27(28,29)17-26(18,25)4/h18-22H,6-17,28-29H2,1-5H3/t18-,19?,20?,21?,22-,24?,25?,26?/m0/s1. The van der Waals surface area contributed by atoms with Gasteiger partial charge in [0.1, 0.15) is 0 Å². The first-order chi connectivity index (χ1) is 14.5. The fourth-order valence-corrected chi connectivity index (χ4v) is 10.2. The van der Waals surface area contributed by atoms with Crippen LogP contribution in [0.25, 0.3) is 0 Å². The zero-order valence-corrected chi connectivity index (χ0v) is 21.7. The summed E-state index contributed by atoms with van der Waals surface area (Å²) in [5, 5.41) is 0.510. The van der Waals surface area contributed by atoms with Crippen molar-refractivity contribution in [2.24, 2.45) is 45.8 Å². The number of esters is 1. The Hall–Kier alpha value is -0.400. The van der Waals surface area contributed by atoms with Crippen LogP contribution in [0.1, 0.15) is 105 Å². The molecule has 4 aliphatic rings. The lowest BCUT2D eigenvalue weighted by molar-refractivity contribution is -0.185. The first kappa shape index (κ1) is 23.7. The number of hydrogen-bond acceptors (Lipinski definition) is 2. The van der Waals surface area contributed by atoms with Gasteiger partial charge in [0.2, 0.25) is 0 Å². The first-order valence-corrected chi connectivity index (χ1v) is 13.6. The molecule has 2 nitrogen and oxygen atoms in total. The predicted octanol–water partition coefficient (Wildman–Crippen LogP) is 5.40. The summed E-state index contributed by atoms with van der Waals surface area (Å²) in [6, 6.07) is 0. The van der Waals surface area contributed by atoms with Crippen LogP contribution in [-0.2, 0) is 9.53 Å². The third-order valence-electron chi connectivity index (χ3n) is 12.0. The highest BCUT2D eigenvalue weighted by Crippen LogP contribution is 2.74. The molecule has 174 valence electrons. The van der Waals surface area contributed by atoms with E-state index in [1.807, 2.05) is 0 Å². The van der Waals surface area contributed by atoms with Crippen LogP contribution in [0, 0.1) is 45.8 Å². The van der Waals surface area contributed by atoms with E-state index in [1.54, 1.807) is 0 Å². The molecule has 4 aliphatic carbocycles. The molecule has 8 atom stereocenters. The summed E-state index contributed by atoms with van der Waals surface area (Å²) in [7, 11) is 6.58. The monoisotopic (exact) mass is 426 g/mol. The number of ether oxygens (including phenoxy) is 1. The third kappa shape index (κ3) is 3.65. The third-order valence-corrected chi connectivity index (χ3v) is 12.0. The van der Waals surface area contributed by atoms with Crippen molar-refractivity contribution in [3.05, 3.63) is 0 Å². The number of fused-ring (bicyclic) bond motifs is 5. The average Bonchev–Trinajstić information content (AvgIpc) is 3.04. The summed E-state index contributed by atoms with van der Waals surface area (Å²) >= 11 is 0. The van der Waals surface area contributed by atoms with E-state index in [0.717, 1.165) is 36.0 Å². The Balaban J connectivity index is 1.56. The van der Waals surface area contributed by atoms with Gasteiger partial charge in [-0.15, -0.1) is 0 Å². The average molecular weight is 426 g/mol. The highest BCUT2D eigenvalue weighted by molar-refractivity contribution is 6.39. The van der Waals surface area contributed by atoms with Crippen molar-refractivity contribution in [1.82, 2.24) is 0 Å². The van der Waals surface area contributed by atoms with Gasteiger partial charge in [-0.2, -0.15) is 0 Å². The molecule has 6 unspecified atom stereocenters. The van der Waals surface area contributed by atoms with Crippen molar-refractivity contribution < 1.29 is 9.53 Å². The molecule has 0 heterocycles. The lowest BCUT2D eigenvalue weighted by Gasteiger charge is -2.69. The molecule has 0 spiro atoms. The van der Waals surface area contributed by atoms with Crippen molar-refractivity contribution in [3.8, 4) is 0 Å². The van der Waals surface area contributed by atoms with Crippen molar-refractivity contribution in [3.63, 3.8) is 0 Å². The zero-order valence-electron chi connectivity index (χ0n) is 21.7. The van der Waals surface area contributed by atoms with Gasteiger partial charge in [0.25, 0.3) is 0 Å². The van der Waals surface area contributed by atoms with Crippen LogP contribution in [-0.4, -0.2) is 28.8 Å². The van der Waals surface area contributed by atoms with Gasteiger partial charge in [-0.25, -0.2) is 0 Å². The molecule has 4 rings (SSSR count). The van der Waals surface area contributed by atoms with Crippen molar-refractivity contribution >= 4 is 21.7 Å². The highest BCUT2D eigenvalue weighted by atomic mass is 16.5. The van der Waals surface area contributed by atoms with Gasteiger partial charge in [-0.1, -0.05) is 52.2 Å². The van der Waals surface area contributed by atoms with Crippen LogP contribution in [0.4, 0.5) is 0 Å². The van der Waals surface area contributed by atoms with E-state index in [-0.39, 0.29) is 5.97 Å². The SMILES string of the molecule is BC1(B)CCC2(C)[C@H]3CCC4(C)C(CCCC(=O)OC)CCC4C3C[C@H](CC)C2(C)C1. The van der Waals surface area contributed by atoms with Gasteiger partial charge in [0.05, 0.1) is 22.8 Å². The van der Waals surface area contributed by atoms with Crippen molar-refractivity contribution in [1.29, 1.82) is 0 Å². The largest absolute Gasteiger partial charge is 0.469 e. The fourth-order valence-electron chi connectivity index (χ4n) is 10.2. The summed E-state index contributed by atoms with van der Waals surface area (Å²) in [5.41, 5.74) is 1.54. The maximum Gasteiger partial charge on any atom is 0.305 e. The summed E-state index contributed by atoms with van der Waals surface area (Å²) in [6.07, 6.45) is 15.7. The molecule has 0 aromatic rings. The predicted molar refractivity (Wildman–Crippen MR) is 135 cm³/mol. The second kappa shape index (κ2) is 8.12. The minimum absolute atomic E-state index is 0.0334. The van der Waals surface area contributed by atoms with Crippen LogP contribution in [0.5, 0.6) is 0 Å². The molecule has 4 heteroatoms. The first-order valence-electron chi connectivity index (χ1n) is 13.6. The molecule has 0 aromatic heterocycles. The lowest BCUT2D eigenvalue weighted by Crippen LogP contribution is -2.61. The molecule has 31 heavy (non-hydrogen) atoms. The Morgan fingerprint density at radius 2 is 1.71 bits per heavy atom. The van der Waals surface area contributed by atoms with Crippen molar-refractivity contribution in [2.75, 3.05) is 7.11 Å². The van der Waals surface area contributed by atoms with Crippen LogP contribution >= 0.6 is 0 Å². The second-order valence-corrected chi connectivity index (χ2v) is 13.7. The maximum absolute atomic E-state index is 11.6. The number of hydrogen-bond donors (Lipinski definition) is 0. The van der Waals surface area contributed by atoms with E-state index in [0.29, 0.717) is 27.9 Å². The second-order valence-electron chi connectivity index (χ2n) is 13.7. The van der Waals surface area contributed by atoms with Crippen LogP contribution < -0.4 is 0 Å². The molecule has 0 amide bonds. The molecule has 4 saturated carbocycles. The molecule has 0 N–H and O–H groups in total. The van der Waals surface area contributed by atoms with Crippen LogP contribution in [0.2, 0.25) is 5.21 Å². The van der Waals surface area contributed by atoms with E-state index >= 15 is 0 Å². The molecular weight excluding hydrogens is 378 g/mol. The molecule has 0 radical (unpaired) electrons. The molecular formula is C27H48B2O2. The lowest BCUT2D eigenvalue weighted by atomic mass is 9.31. The van der Waals surface area contributed by atoms with Gasteiger partial charge >= 0.3 is 5.97 Å². The quantitative estimate of drug-likeness (QED) is 0.435. The number of carbonyl (C=O) groups excluding carboxylic acids is 1. The molecule has 0 aromatic carbocycles. The number of rotatable bonds is 5. The van der Waals surface area contributed by atoms with E-state index in [4.69, 9.17) is 4.74 Å². The highest BCUT2D eigenvalue weighted by Gasteiger charge is 2.65. The normalized spacial score (nSPS) is 48.4. The molecule has 0 aliphatic heterocycles. The smallest absolute Gasteiger partial charge is 0.305 e. The Labute approximate surface area is 194 Å². The Morgan fingerprint density at radius 3 is 2.39 bits per heavy atom. The summed E-state index contributed by atoms with van der Waals surface area (Å²) in [6.45, 7) is 10.6. The van der Waals surface area contributed by atoms with Gasteiger partial charge in [-0.05, 0) is 97.2 Å². The minimum atomic E-state index is -0.0334. The molecule has 0 bridgehead atoms. The van der Waals surface area contributed by atoms with Crippen LogP contribution in [0.3, 0.4) is 0 Å². The molecule has 4 fully saturated rings. The summed E-state index contributed by atoms with van der Waals surface area (Å²) < 4.78 is 4.89. The van der Waals surface area contributed by atoms with Gasteiger partial charge < -0.3 is 4.74 Å². The van der Waals surface area contributed by atoms with E-state index in [9.17, 15) is 4.79 Å². The van der Waals surface area contributed by atoms with E-state index < -0.39 is 0 Å². The topological polar surface area (TPSA) is 26.3 Å². The van der Waals surface area contributed by atoms with Gasteiger partial charge in [0, 0.05) is 6.42 Å². The Morgan fingerprint density at radius 1 is 0.968 bits per heavy atom. The van der Waals surface area contributed by atoms with Crippen molar-refractivity contribution in [2.45, 2.75) is 110 Å². The van der Waals surface area contributed by atoms with Gasteiger partial charge in [0.15, 0.2) is 0 Å². The molecule has 0 saturated heterocycles. The summed E-state index contributed by atoms with van der Waals surface area (Å²) in [5.74, 6) is 4.46. The number of methoxy groups -OCH3 is 1. The summed E-state index contributed by atoms with van der Waals surface area (Å²) in [4.78, 5) is 11.6. The fraction of sp³-hybridized carbons (Fsp3) is 0.963. The number of carbonyl (C=O) groups is 1. The van der Waals surface area contributed by atoms with Crippen LogP contribution in [0.15, 0.2) is 0 Å². The Bertz CT molecular complexity index is 693. The Kier molecular flexibility index (Phi) is 6.22. The zero-order chi connectivity index (χ0) is 22.7. The van der Waals surface area contributed by atoms with Gasteiger partial charge in [-0.3, -0.25) is 4.79 Å². The maximum atomic E-state index is 11.6.